The third kappa shape index (κ3) is 3.62. The van der Waals surface area contributed by atoms with E-state index in [2.05, 4.69) is 5.10 Å². The first kappa shape index (κ1) is 19.9. The highest BCUT2D eigenvalue weighted by Crippen LogP contribution is 2.26. The Kier molecular flexibility index (Phi) is 5.43. The number of ketones is 1. The van der Waals surface area contributed by atoms with Crippen LogP contribution in [0.2, 0.25) is 0 Å². The van der Waals surface area contributed by atoms with Crippen LogP contribution in [0.25, 0.3) is 5.69 Å². The molecule has 2 amide bonds. The minimum absolute atomic E-state index is 0.00423. The molecule has 158 valence electrons. The molecule has 30 heavy (non-hydrogen) atoms. The molecule has 2 fully saturated rings. The summed E-state index contributed by atoms with van der Waals surface area (Å²) >= 11 is 0. The summed E-state index contributed by atoms with van der Waals surface area (Å²) in [6.45, 7) is 1.13. The highest BCUT2D eigenvalue weighted by Gasteiger charge is 2.37. The smallest absolute Gasteiger partial charge is 0.242 e. The maximum atomic E-state index is 13.2. The number of hydrogen-bond acceptors (Lipinski definition) is 6. The number of carbonyl (C=O) groups is 3. The van der Waals surface area contributed by atoms with Crippen molar-refractivity contribution in [3.8, 4) is 11.4 Å². The molecule has 4 rings (SSSR count). The van der Waals surface area contributed by atoms with Gasteiger partial charge in [-0.05, 0) is 43.5 Å². The van der Waals surface area contributed by atoms with E-state index in [4.69, 9.17) is 10.5 Å². The fourth-order valence-electron chi connectivity index (χ4n) is 4.12. The third-order valence-electron chi connectivity index (χ3n) is 5.76. The number of benzene rings is 1. The summed E-state index contributed by atoms with van der Waals surface area (Å²) in [6.07, 6.45) is 4.02. The zero-order valence-corrected chi connectivity index (χ0v) is 16.9. The molecule has 3 heterocycles. The number of nitrogens with two attached hydrogens (primary N) is 1. The van der Waals surface area contributed by atoms with Crippen molar-refractivity contribution in [3.63, 3.8) is 0 Å². The Morgan fingerprint density at radius 2 is 1.97 bits per heavy atom. The summed E-state index contributed by atoms with van der Waals surface area (Å²) in [5, 5.41) is 4.27. The van der Waals surface area contributed by atoms with E-state index in [1.807, 2.05) is 0 Å². The van der Waals surface area contributed by atoms with Gasteiger partial charge in [0.15, 0.2) is 5.78 Å². The Hall–Kier alpha value is -3.36. The van der Waals surface area contributed by atoms with Gasteiger partial charge in [0.1, 0.15) is 11.6 Å². The van der Waals surface area contributed by atoms with Crippen molar-refractivity contribution >= 4 is 23.4 Å². The van der Waals surface area contributed by atoms with Crippen LogP contribution in [0.1, 0.15) is 36.0 Å². The third-order valence-corrected chi connectivity index (χ3v) is 5.76. The fourth-order valence-corrected chi connectivity index (χ4v) is 4.12. The monoisotopic (exact) mass is 411 g/mol. The lowest BCUT2D eigenvalue weighted by Gasteiger charge is -2.26. The van der Waals surface area contributed by atoms with Crippen molar-refractivity contribution in [1.29, 1.82) is 0 Å². The van der Waals surface area contributed by atoms with E-state index in [1.165, 1.54) is 10.9 Å². The second-order valence-electron chi connectivity index (χ2n) is 7.58. The van der Waals surface area contributed by atoms with E-state index < -0.39 is 6.04 Å². The van der Waals surface area contributed by atoms with E-state index in [0.29, 0.717) is 42.9 Å². The molecule has 2 saturated heterocycles. The standard InChI is InChI=1S/C21H25N5O4/c1-30-15-8-6-14(7-9-15)26-21(22)16(12-23-26)20(29)17-4-2-11-25(17)19(28)13-24-10-3-5-18(24)27/h6-9,12,17H,2-5,10-11,13,22H2,1H3/t17-/m0/s1. The number of hydrogen-bond donors (Lipinski definition) is 1. The van der Waals surface area contributed by atoms with E-state index in [9.17, 15) is 14.4 Å². The van der Waals surface area contributed by atoms with Gasteiger partial charge in [-0.15, -0.1) is 0 Å². The van der Waals surface area contributed by atoms with Crippen molar-refractivity contribution in [2.75, 3.05) is 32.5 Å². The minimum atomic E-state index is -0.578. The van der Waals surface area contributed by atoms with Gasteiger partial charge in [0.05, 0.1) is 37.1 Å². The number of nitrogen functional groups attached to an aromatic ring is 1. The maximum absolute atomic E-state index is 13.2. The van der Waals surface area contributed by atoms with Crippen LogP contribution in [-0.2, 0) is 9.59 Å². The molecule has 9 heteroatoms. The van der Waals surface area contributed by atoms with E-state index in [0.717, 1.165) is 12.8 Å². The molecule has 2 aliphatic heterocycles. The highest BCUT2D eigenvalue weighted by molar-refractivity contribution is 6.05. The number of nitrogens with zero attached hydrogens (tertiary/aromatic N) is 4. The first-order valence-corrected chi connectivity index (χ1v) is 10.1. The van der Waals surface area contributed by atoms with E-state index in [-0.39, 0.29) is 30.0 Å². The predicted octanol–water partition coefficient (Wildman–Crippen LogP) is 1.26. The molecule has 1 atom stereocenters. The maximum Gasteiger partial charge on any atom is 0.242 e. The molecule has 0 spiro atoms. The molecule has 0 unspecified atom stereocenters. The lowest BCUT2D eigenvalue weighted by Crippen LogP contribution is -2.46. The van der Waals surface area contributed by atoms with E-state index >= 15 is 0 Å². The Morgan fingerprint density at radius 3 is 2.63 bits per heavy atom. The van der Waals surface area contributed by atoms with Gasteiger partial charge in [-0.3, -0.25) is 14.4 Å². The Bertz CT molecular complexity index is 968. The van der Waals surface area contributed by atoms with Crippen molar-refractivity contribution in [2.24, 2.45) is 0 Å². The SMILES string of the molecule is COc1ccc(-n2ncc(C(=O)[C@@H]3CCCN3C(=O)CN3CCCC3=O)c2N)cc1. The number of amides is 2. The number of Topliss-reactive ketones (excluding diaryl/α,β-unsaturated/α-hetero) is 1. The number of anilines is 1. The number of carbonyl (C=O) groups excluding carboxylic acids is 3. The molecule has 0 saturated carbocycles. The summed E-state index contributed by atoms with van der Waals surface area (Å²) in [6, 6.07) is 6.60. The minimum Gasteiger partial charge on any atom is -0.497 e. The molecule has 0 radical (unpaired) electrons. The summed E-state index contributed by atoms with van der Waals surface area (Å²) < 4.78 is 6.65. The molecule has 9 nitrogen and oxygen atoms in total. The first-order valence-electron chi connectivity index (χ1n) is 10.1. The van der Waals surface area contributed by atoms with Crippen LogP contribution < -0.4 is 10.5 Å². The lowest BCUT2D eigenvalue weighted by atomic mass is 10.0. The molecule has 0 bridgehead atoms. The average Bonchev–Trinajstić information content (AvgIpc) is 3.48. The van der Waals surface area contributed by atoms with Crippen LogP contribution in [0, 0.1) is 0 Å². The molecule has 0 aliphatic carbocycles. The van der Waals surface area contributed by atoms with Crippen molar-refractivity contribution in [1.82, 2.24) is 19.6 Å². The number of methoxy groups -OCH3 is 1. The number of likely N-dealkylation sites (tertiary alicyclic amines) is 2. The summed E-state index contributed by atoms with van der Waals surface area (Å²) in [5.74, 6) is 0.528. The van der Waals surface area contributed by atoms with Gasteiger partial charge in [-0.2, -0.15) is 5.10 Å². The fraction of sp³-hybridized carbons (Fsp3) is 0.429. The Labute approximate surface area is 174 Å². The Balaban J connectivity index is 1.51. The van der Waals surface area contributed by atoms with Gasteiger partial charge < -0.3 is 20.3 Å². The molecule has 1 aromatic heterocycles. The van der Waals surface area contributed by atoms with Crippen molar-refractivity contribution in [3.05, 3.63) is 36.0 Å². The number of rotatable bonds is 6. The normalized spacial score (nSPS) is 18.8. The zero-order chi connectivity index (χ0) is 21.3. The van der Waals surface area contributed by atoms with Gasteiger partial charge in [0.25, 0.3) is 0 Å². The highest BCUT2D eigenvalue weighted by atomic mass is 16.5. The zero-order valence-electron chi connectivity index (χ0n) is 16.9. The van der Waals surface area contributed by atoms with Crippen LogP contribution in [0.5, 0.6) is 5.75 Å². The number of ether oxygens (including phenoxy) is 1. The van der Waals surface area contributed by atoms with Gasteiger partial charge in [-0.25, -0.2) is 4.68 Å². The molecular formula is C21H25N5O4. The van der Waals surface area contributed by atoms with Crippen LogP contribution in [0.15, 0.2) is 30.5 Å². The molecule has 2 N–H and O–H groups in total. The quantitative estimate of drug-likeness (QED) is 0.717. The van der Waals surface area contributed by atoms with Crippen LogP contribution in [-0.4, -0.2) is 70.0 Å². The van der Waals surface area contributed by atoms with Crippen LogP contribution in [0.4, 0.5) is 5.82 Å². The molecule has 2 aromatic rings. The first-order chi connectivity index (χ1) is 14.5. The Morgan fingerprint density at radius 1 is 1.20 bits per heavy atom. The number of aromatic nitrogens is 2. The molecule has 1 aromatic carbocycles. The molecular weight excluding hydrogens is 386 g/mol. The van der Waals surface area contributed by atoms with Gasteiger partial charge in [0.2, 0.25) is 11.8 Å². The van der Waals surface area contributed by atoms with Crippen molar-refractivity contribution < 1.29 is 19.1 Å². The average molecular weight is 411 g/mol. The summed E-state index contributed by atoms with van der Waals surface area (Å²) in [5.41, 5.74) is 7.24. The largest absolute Gasteiger partial charge is 0.497 e. The molecule has 2 aliphatic rings. The van der Waals surface area contributed by atoms with Gasteiger partial charge in [0, 0.05) is 19.5 Å². The van der Waals surface area contributed by atoms with Crippen molar-refractivity contribution in [2.45, 2.75) is 31.7 Å². The second kappa shape index (κ2) is 8.17. The van der Waals surface area contributed by atoms with Gasteiger partial charge >= 0.3 is 0 Å². The predicted molar refractivity (Wildman–Crippen MR) is 109 cm³/mol. The topological polar surface area (TPSA) is 111 Å². The van der Waals surface area contributed by atoms with Gasteiger partial charge in [-0.1, -0.05) is 0 Å². The van der Waals surface area contributed by atoms with Crippen LogP contribution >= 0.6 is 0 Å². The summed E-state index contributed by atoms with van der Waals surface area (Å²) in [7, 11) is 1.59. The van der Waals surface area contributed by atoms with Crippen LogP contribution in [0.3, 0.4) is 0 Å². The lowest BCUT2D eigenvalue weighted by molar-refractivity contribution is -0.138. The second-order valence-corrected chi connectivity index (χ2v) is 7.58. The summed E-state index contributed by atoms with van der Waals surface area (Å²) in [4.78, 5) is 41.0. The van der Waals surface area contributed by atoms with E-state index in [1.54, 1.807) is 41.2 Å².